The summed E-state index contributed by atoms with van der Waals surface area (Å²) < 4.78 is 25.5. The van der Waals surface area contributed by atoms with Gasteiger partial charge in [0.25, 0.3) is 0 Å². The highest BCUT2D eigenvalue weighted by atomic mass is 32.2. The molecule has 0 fully saturated rings. The van der Waals surface area contributed by atoms with Crippen LogP contribution < -0.4 is 4.72 Å². The molecular formula is C13H15NO2S2. The monoisotopic (exact) mass is 281 g/mol. The van der Waals surface area contributed by atoms with Gasteiger partial charge in [-0.2, -0.15) is 0 Å². The Morgan fingerprint density at radius 3 is 2.50 bits per heavy atom. The molecule has 1 N–H and O–H groups in total. The Bertz CT molecular complexity index is 659. The van der Waals surface area contributed by atoms with E-state index in [-0.39, 0.29) is 0 Å². The van der Waals surface area contributed by atoms with Crippen molar-refractivity contribution in [1.29, 1.82) is 0 Å². The van der Waals surface area contributed by atoms with Crippen molar-refractivity contribution < 1.29 is 8.42 Å². The van der Waals surface area contributed by atoms with E-state index in [4.69, 9.17) is 0 Å². The van der Waals surface area contributed by atoms with Gasteiger partial charge in [-0.15, -0.1) is 11.3 Å². The Kier molecular flexibility index (Phi) is 3.45. The normalized spacial score (nSPS) is 11.5. The van der Waals surface area contributed by atoms with E-state index < -0.39 is 10.0 Å². The molecule has 0 atom stereocenters. The van der Waals surface area contributed by atoms with Gasteiger partial charge in [0, 0.05) is 10.4 Å². The molecule has 0 saturated carbocycles. The average Bonchev–Trinajstić information content (AvgIpc) is 2.73. The van der Waals surface area contributed by atoms with Crippen molar-refractivity contribution in [3.63, 3.8) is 0 Å². The fourth-order valence-corrected chi connectivity index (χ4v) is 3.31. The summed E-state index contributed by atoms with van der Waals surface area (Å²) in [6.45, 7) is 3.92. The molecule has 0 aliphatic carbocycles. The maximum absolute atomic E-state index is 11.5. The van der Waals surface area contributed by atoms with Gasteiger partial charge in [-0.1, -0.05) is 17.7 Å². The van der Waals surface area contributed by atoms with E-state index in [2.05, 4.69) is 4.72 Å². The molecule has 18 heavy (non-hydrogen) atoms. The molecule has 0 radical (unpaired) electrons. The first-order valence-electron chi connectivity index (χ1n) is 5.50. The van der Waals surface area contributed by atoms with Crippen molar-refractivity contribution in [2.24, 2.45) is 0 Å². The zero-order chi connectivity index (χ0) is 13.3. The van der Waals surface area contributed by atoms with Crippen LogP contribution in [0.15, 0.2) is 29.6 Å². The van der Waals surface area contributed by atoms with Crippen LogP contribution in [0.5, 0.6) is 0 Å². The first-order valence-corrected chi connectivity index (χ1v) is 8.27. The molecule has 1 aromatic heterocycles. The lowest BCUT2D eigenvalue weighted by atomic mass is 10.0. The third-order valence-electron chi connectivity index (χ3n) is 2.55. The first-order chi connectivity index (χ1) is 8.37. The number of rotatable bonds is 3. The molecular weight excluding hydrogens is 266 g/mol. The van der Waals surface area contributed by atoms with Crippen LogP contribution >= 0.6 is 11.3 Å². The highest BCUT2D eigenvalue weighted by molar-refractivity contribution is 7.92. The Balaban J connectivity index is 2.63. The number of anilines is 1. The highest BCUT2D eigenvalue weighted by Crippen LogP contribution is 2.35. The standard InChI is InChI=1S/C13H15NO2S2/c1-9-7-10(2)13(14-18(3,15)16)11(8-9)12-5-4-6-17-12/h4-8,14H,1-3H3. The lowest BCUT2D eigenvalue weighted by Crippen LogP contribution is -2.11. The molecule has 1 aromatic carbocycles. The maximum atomic E-state index is 11.5. The second-order valence-electron chi connectivity index (χ2n) is 4.36. The maximum Gasteiger partial charge on any atom is 0.229 e. The smallest absolute Gasteiger partial charge is 0.229 e. The number of benzene rings is 1. The van der Waals surface area contributed by atoms with Crippen LogP contribution in [0.3, 0.4) is 0 Å². The van der Waals surface area contributed by atoms with Crippen LogP contribution in [0.1, 0.15) is 11.1 Å². The van der Waals surface area contributed by atoms with E-state index in [1.807, 2.05) is 43.5 Å². The van der Waals surface area contributed by atoms with Crippen molar-refractivity contribution in [3.05, 3.63) is 40.8 Å². The minimum Gasteiger partial charge on any atom is -0.283 e. The van der Waals surface area contributed by atoms with Gasteiger partial charge in [-0.25, -0.2) is 8.42 Å². The third kappa shape index (κ3) is 2.91. The van der Waals surface area contributed by atoms with E-state index >= 15 is 0 Å². The summed E-state index contributed by atoms with van der Waals surface area (Å²) in [4.78, 5) is 1.06. The predicted molar refractivity (Wildman–Crippen MR) is 77.7 cm³/mol. The molecule has 0 spiro atoms. The lowest BCUT2D eigenvalue weighted by molar-refractivity contribution is 0.607. The molecule has 0 aliphatic heterocycles. The highest BCUT2D eigenvalue weighted by Gasteiger charge is 2.13. The topological polar surface area (TPSA) is 46.2 Å². The molecule has 96 valence electrons. The second-order valence-corrected chi connectivity index (χ2v) is 7.05. The number of aryl methyl sites for hydroxylation is 2. The van der Waals surface area contributed by atoms with Gasteiger partial charge >= 0.3 is 0 Å². The van der Waals surface area contributed by atoms with E-state index in [0.717, 1.165) is 21.6 Å². The zero-order valence-corrected chi connectivity index (χ0v) is 12.2. The van der Waals surface area contributed by atoms with Gasteiger partial charge in [0.05, 0.1) is 11.9 Å². The summed E-state index contributed by atoms with van der Waals surface area (Å²) in [6, 6.07) is 7.94. The molecule has 3 nitrogen and oxygen atoms in total. The zero-order valence-electron chi connectivity index (χ0n) is 10.5. The van der Waals surface area contributed by atoms with Gasteiger partial charge in [0.2, 0.25) is 10.0 Å². The van der Waals surface area contributed by atoms with Gasteiger partial charge in [-0.3, -0.25) is 4.72 Å². The Labute approximate surface area is 112 Å². The first kappa shape index (κ1) is 13.1. The van der Waals surface area contributed by atoms with Crippen LogP contribution in [-0.2, 0) is 10.0 Å². The minimum absolute atomic E-state index is 0.672. The molecule has 0 unspecified atom stereocenters. The fourth-order valence-electron chi connectivity index (χ4n) is 1.91. The van der Waals surface area contributed by atoms with Crippen LogP contribution in [0.2, 0.25) is 0 Å². The van der Waals surface area contributed by atoms with Gasteiger partial charge < -0.3 is 0 Å². The Hall–Kier alpha value is -1.33. The average molecular weight is 281 g/mol. The quantitative estimate of drug-likeness (QED) is 0.937. The summed E-state index contributed by atoms with van der Waals surface area (Å²) in [6.07, 6.45) is 1.17. The van der Waals surface area contributed by atoms with Crippen molar-refractivity contribution in [3.8, 4) is 10.4 Å². The molecule has 0 bridgehead atoms. The van der Waals surface area contributed by atoms with Crippen molar-refractivity contribution in [1.82, 2.24) is 0 Å². The molecule has 2 rings (SSSR count). The fraction of sp³-hybridized carbons (Fsp3) is 0.231. The Morgan fingerprint density at radius 2 is 1.94 bits per heavy atom. The molecule has 0 amide bonds. The van der Waals surface area contributed by atoms with E-state index in [0.29, 0.717) is 5.69 Å². The summed E-state index contributed by atoms with van der Waals surface area (Å²) in [5.74, 6) is 0. The third-order valence-corrected chi connectivity index (χ3v) is 4.03. The Morgan fingerprint density at radius 1 is 1.22 bits per heavy atom. The summed E-state index contributed by atoms with van der Waals surface area (Å²) >= 11 is 1.60. The largest absolute Gasteiger partial charge is 0.283 e. The number of hydrogen-bond acceptors (Lipinski definition) is 3. The SMILES string of the molecule is Cc1cc(C)c(NS(C)(=O)=O)c(-c2cccs2)c1. The van der Waals surface area contributed by atoms with Gasteiger partial charge in [0.15, 0.2) is 0 Å². The number of sulfonamides is 1. The van der Waals surface area contributed by atoms with E-state index in [1.54, 1.807) is 11.3 Å². The second kappa shape index (κ2) is 4.74. The summed E-state index contributed by atoms with van der Waals surface area (Å²) in [7, 11) is -3.27. The van der Waals surface area contributed by atoms with Crippen molar-refractivity contribution in [2.45, 2.75) is 13.8 Å². The number of hydrogen-bond donors (Lipinski definition) is 1. The summed E-state index contributed by atoms with van der Waals surface area (Å²) in [5.41, 5.74) is 3.66. The number of nitrogens with one attached hydrogen (secondary N) is 1. The number of thiophene rings is 1. The van der Waals surface area contributed by atoms with Crippen LogP contribution in [0, 0.1) is 13.8 Å². The molecule has 5 heteroatoms. The van der Waals surface area contributed by atoms with E-state index in [1.165, 1.54) is 6.26 Å². The van der Waals surface area contributed by atoms with Crippen molar-refractivity contribution >= 4 is 27.0 Å². The minimum atomic E-state index is -3.27. The predicted octanol–water partition coefficient (Wildman–Crippen LogP) is 3.40. The van der Waals surface area contributed by atoms with Gasteiger partial charge in [0.1, 0.15) is 0 Å². The molecule has 0 aliphatic rings. The van der Waals surface area contributed by atoms with Crippen LogP contribution in [-0.4, -0.2) is 14.7 Å². The van der Waals surface area contributed by atoms with Crippen LogP contribution in [0.4, 0.5) is 5.69 Å². The van der Waals surface area contributed by atoms with Crippen molar-refractivity contribution in [2.75, 3.05) is 11.0 Å². The van der Waals surface area contributed by atoms with Crippen LogP contribution in [0.25, 0.3) is 10.4 Å². The van der Waals surface area contributed by atoms with E-state index in [9.17, 15) is 8.42 Å². The lowest BCUT2D eigenvalue weighted by Gasteiger charge is -2.14. The van der Waals surface area contributed by atoms with Gasteiger partial charge in [-0.05, 0) is 36.9 Å². The molecule has 0 saturated heterocycles. The summed E-state index contributed by atoms with van der Waals surface area (Å²) in [5, 5.41) is 1.98. The molecule has 1 heterocycles. The molecule has 2 aromatic rings.